The number of methoxy groups -OCH3 is 1. The predicted octanol–water partition coefficient (Wildman–Crippen LogP) is 1.97. The minimum absolute atomic E-state index is 0.0690. The van der Waals surface area contributed by atoms with Crippen LogP contribution in [0.15, 0.2) is 0 Å². The first kappa shape index (κ1) is 18.5. The molecule has 0 radical (unpaired) electrons. The maximum atomic E-state index is 12.1. The molecule has 0 aromatic rings. The molecular formula is C17H32N2O4. The zero-order chi connectivity index (χ0) is 16.7. The molecule has 0 aromatic carbocycles. The highest BCUT2D eigenvalue weighted by Crippen LogP contribution is 2.34. The third kappa shape index (κ3) is 5.33. The summed E-state index contributed by atoms with van der Waals surface area (Å²) in [5, 5.41) is 11.0. The van der Waals surface area contributed by atoms with Crippen molar-refractivity contribution in [1.29, 1.82) is 0 Å². The summed E-state index contributed by atoms with van der Waals surface area (Å²) in [6.07, 6.45) is 7.07. The maximum absolute atomic E-state index is 12.1. The molecule has 0 unspecified atom stereocenters. The zero-order valence-corrected chi connectivity index (χ0v) is 14.6. The van der Waals surface area contributed by atoms with Gasteiger partial charge in [0.15, 0.2) is 0 Å². The van der Waals surface area contributed by atoms with Gasteiger partial charge in [0.05, 0.1) is 6.54 Å². The summed E-state index contributed by atoms with van der Waals surface area (Å²) in [5.74, 6) is 1.57. The molecular weight excluding hydrogens is 296 g/mol. The molecule has 2 heterocycles. The summed E-state index contributed by atoms with van der Waals surface area (Å²) < 4.78 is 9.81. The van der Waals surface area contributed by atoms with E-state index in [9.17, 15) is 4.79 Å². The summed E-state index contributed by atoms with van der Waals surface area (Å²) in [7, 11) is 1.43. The first-order chi connectivity index (χ1) is 11.1. The van der Waals surface area contributed by atoms with Gasteiger partial charge in [0, 0.05) is 26.5 Å². The monoisotopic (exact) mass is 328 g/mol. The van der Waals surface area contributed by atoms with E-state index in [4.69, 9.17) is 9.84 Å². The molecule has 6 heteroatoms. The minimum atomic E-state index is -0.181. The fraction of sp³-hybridized carbons (Fsp3) is 0.941. The van der Waals surface area contributed by atoms with Crippen molar-refractivity contribution in [3.63, 3.8) is 0 Å². The van der Waals surface area contributed by atoms with E-state index in [0.717, 1.165) is 44.9 Å². The number of carbonyl (C=O) groups is 1. The van der Waals surface area contributed by atoms with Crippen molar-refractivity contribution in [3.05, 3.63) is 0 Å². The van der Waals surface area contributed by atoms with Crippen LogP contribution < -0.4 is 5.32 Å². The zero-order valence-electron chi connectivity index (χ0n) is 14.6. The standard InChI is InChI=1S/C15H26N2O2.C2H6O2/c1-12-2-4-13(5-3-12)10-17-11-15(19-14(17)18)6-8-16-9-7-15;1-4-2-3/h12-13,16H,2-11H2,1H3;3H,2H2,1H3. The number of nitrogens with zero attached hydrogens (tertiary/aromatic N) is 1. The third-order valence-corrected chi connectivity index (χ3v) is 5.30. The van der Waals surface area contributed by atoms with Gasteiger partial charge in [-0.25, -0.2) is 4.79 Å². The minimum Gasteiger partial charge on any atom is -0.441 e. The van der Waals surface area contributed by atoms with E-state index in [0.29, 0.717) is 5.92 Å². The summed E-state index contributed by atoms with van der Waals surface area (Å²) in [4.78, 5) is 14.0. The second-order valence-electron chi connectivity index (χ2n) is 7.23. The van der Waals surface area contributed by atoms with Crippen LogP contribution in [0, 0.1) is 11.8 Å². The van der Waals surface area contributed by atoms with Crippen LogP contribution in [-0.4, -0.2) is 61.8 Å². The van der Waals surface area contributed by atoms with E-state index in [-0.39, 0.29) is 18.5 Å². The molecule has 134 valence electrons. The molecule has 2 N–H and O–H groups in total. The summed E-state index contributed by atoms with van der Waals surface area (Å²) in [5.41, 5.74) is -0.176. The lowest BCUT2D eigenvalue weighted by Crippen LogP contribution is -2.45. The van der Waals surface area contributed by atoms with Crippen molar-refractivity contribution in [2.24, 2.45) is 11.8 Å². The second kappa shape index (κ2) is 8.85. The topological polar surface area (TPSA) is 71.0 Å². The van der Waals surface area contributed by atoms with E-state index >= 15 is 0 Å². The van der Waals surface area contributed by atoms with Crippen molar-refractivity contribution >= 4 is 6.09 Å². The van der Waals surface area contributed by atoms with Gasteiger partial charge in [0.25, 0.3) is 0 Å². The molecule has 3 aliphatic rings. The first-order valence-electron chi connectivity index (χ1n) is 8.87. The molecule has 0 bridgehead atoms. The van der Waals surface area contributed by atoms with E-state index in [1.807, 2.05) is 4.90 Å². The lowest BCUT2D eigenvalue weighted by Gasteiger charge is -2.32. The Morgan fingerprint density at radius 3 is 2.48 bits per heavy atom. The summed E-state index contributed by atoms with van der Waals surface area (Å²) in [6, 6.07) is 0. The molecule has 1 saturated carbocycles. The fourth-order valence-corrected chi connectivity index (χ4v) is 3.80. The molecule has 1 amide bonds. The second-order valence-corrected chi connectivity index (χ2v) is 7.23. The van der Waals surface area contributed by atoms with Gasteiger partial charge >= 0.3 is 6.09 Å². The molecule has 0 aromatic heterocycles. The van der Waals surface area contributed by atoms with Crippen LogP contribution >= 0.6 is 0 Å². The molecule has 0 atom stereocenters. The number of nitrogens with one attached hydrogen (secondary N) is 1. The summed E-state index contributed by atoms with van der Waals surface area (Å²) in [6.45, 7) is 5.84. The number of aliphatic hydroxyl groups excluding tert-OH is 1. The van der Waals surface area contributed by atoms with Gasteiger partial charge < -0.3 is 24.8 Å². The van der Waals surface area contributed by atoms with E-state index in [2.05, 4.69) is 17.0 Å². The molecule has 2 aliphatic heterocycles. The Morgan fingerprint density at radius 1 is 1.30 bits per heavy atom. The average molecular weight is 328 g/mol. The van der Waals surface area contributed by atoms with Gasteiger partial charge in [-0.05, 0) is 37.8 Å². The van der Waals surface area contributed by atoms with Gasteiger partial charge in [-0.2, -0.15) is 0 Å². The third-order valence-electron chi connectivity index (χ3n) is 5.30. The Bertz CT molecular complexity index is 362. The number of carbonyl (C=O) groups excluding carboxylic acids is 1. The Labute approximate surface area is 139 Å². The fourth-order valence-electron chi connectivity index (χ4n) is 3.80. The SMILES string of the molecule is CC1CCC(CN2CC3(CCNCC3)OC2=O)CC1.COCO. The van der Waals surface area contributed by atoms with Crippen molar-refractivity contribution in [2.45, 2.75) is 51.0 Å². The number of piperidine rings is 1. The van der Waals surface area contributed by atoms with E-state index < -0.39 is 0 Å². The Hall–Kier alpha value is -0.850. The highest BCUT2D eigenvalue weighted by atomic mass is 16.6. The lowest BCUT2D eigenvalue weighted by molar-refractivity contribution is 0.0314. The van der Waals surface area contributed by atoms with Crippen LogP contribution in [0.4, 0.5) is 4.79 Å². The van der Waals surface area contributed by atoms with E-state index in [1.165, 1.54) is 32.8 Å². The van der Waals surface area contributed by atoms with Gasteiger partial charge in [-0.15, -0.1) is 0 Å². The normalized spacial score (nSPS) is 29.9. The number of hydrogen-bond acceptors (Lipinski definition) is 5. The van der Waals surface area contributed by atoms with Crippen LogP contribution in [0.25, 0.3) is 0 Å². The Morgan fingerprint density at radius 2 is 1.91 bits per heavy atom. The molecule has 1 aliphatic carbocycles. The smallest absolute Gasteiger partial charge is 0.410 e. The van der Waals surface area contributed by atoms with Gasteiger partial charge in [0.1, 0.15) is 12.4 Å². The largest absolute Gasteiger partial charge is 0.441 e. The van der Waals surface area contributed by atoms with Gasteiger partial charge in [-0.1, -0.05) is 19.8 Å². The molecule has 6 nitrogen and oxygen atoms in total. The van der Waals surface area contributed by atoms with E-state index in [1.54, 1.807) is 0 Å². The van der Waals surface area contributed by atoms with Crippen LogP contribution in [0.5, 0.6) is 0 Å². The Kier molecular flexibility index (Phi) is 7.11. The van der Waals surface area contributed by atoms with Crippen LogP contribution in [0.2, 0.25) is 0 Å². The van der Waals surface area contributed by atoms with Crippen molar-refractivity contribution < 1.29 is 19.4 Å². The molecule has 3 fully saturated rings. The first-order valence-corrected chi connectivity index (χ1v) is 8.87. The number of aliphatic hydroxyl groups is 1. The highest BCUT2D eigenvalue weighted by molar-refractivity contribution is 5.70. The van der Waals surface area contributed by atoms with Gasteiger partial charge in [-0.3, -0.25) is 0 Å². The number of rotatable bonds is 3. The predicted molar refractivity (Wildman–Crippen MR) is 88.1 cm³/mol. The molecule has 23 heavy (non-hydrogen) atoms. The maximum Gasteiger partial charge on any atom is 0.410 e. The van der Waals surface area contributed by atoms with Crippen LogP contribution in [0.3, 0.4) is 0 Å². The average Bonchev–Trinajstić information content (AvgIpc) is 2.85. The number of ether oxygens (including phenoxy) is 2. The molecule has 2 saturated heterocycles. The quantitative estimate of drug-likeness (QED) is 0.775. The van der Waals surface area contributed by atoms with Crippen molar-refractivity contribution in [2.75, 3.05) is 40.1 Å². The van der Waals surface area contributed by atoms with Gasteiger partial charge in [0.2, 0.25) is 0 Å². The molecule has 1 spiro atoms. The summed E-state index contributed by atoms with van der Waals surface area (Å²) >= 11 is 0. The lowest BCUT2D eigenvalue weighted by atomic mass is 9.82. The molecule has 3 rings (SSSR count). The van der Waals surface area contributed by atoms with Crippen molar-refractivity contribution in [3.8, 4) is 0 Å². The number of amides is 1. The van der Waals surface area contributed by atoms with Crippen LogP contribution in [-0.2, 0) is 9.47 Å². The van der Waals surface area contributed by atoms with Crippen LogP contribution in [0.1, 0.15) is 45.4 Å². The Balaban J connectivity index is 0.000000433. The van der Waals surface area contributed by atoms with Crippen molar-refractivity contribution in [1.82, 2.24) is 10.2 Å². The highest BCUT2D eigenvalue weighted by Gasteiger charge is 2.46. The number of hydrogen-bond donors (Lipinski definition) is 2.